The van der Waals surface area contributed by atoms with E-state index in [9.17, 15) is 9.59 Å². The first kappa shape index (κ1) is 19.4. The van der Waals surface area contributed by atoms with Crippen LogP contribution in [0, 0.1) is 0 Å². The zero-order valence-electron chi connectivity index (χ0n) is 15.3. The molecule has 28 heavy (non-hydrogen) atoms. The quantitative estimate of drug-likeness (QED) is 0.593. The predicted octanol–water partition coefficient (Wildman–Crippen LogP) is 2.49. The molecule has 0 radical (unpaired) electrons. The van der Waals surface area contributed by atoms with Crippen LogP contribution >= 0.6 is 11.8 Å². The Morgan fingerprint density at radius 1 is 1.14 bits per heavy atom. The maximum Gasteiger partial charge on any atom is 0.248 e. The van der Waals surface area contributed by atoms with Gasteiger partial charge in [-0.1, -0.05) is 11.8 Å². The van der Waals surface area contributed by atoms with Crippen LogP contribution in [0.2, 0.25) is 0 Å². The van der Waals surface area contributed by atoms with Crippen LogP contribution in [0.3, 0.4) is 0 Å². The summed E-state index contributed by atoms with van der Waals surface area (Å²) in [5.74, 6) is 0.0434. The Labute approximate surface area is 166 Å². The molecule has 3 N–H and O–H groups in total. The first-order chi connectivity index (χ1) is 13.5. The number of ether oxygens (including phenoxy) is 1. The van der Waals surface area contributed by atoms with E-state index >= 15 is 0 Å². The number of thioether (sulfide) groups is 1. The van der Waals surface area contributed by atoms with Crippen LogP contribution in [0.1, 0.15) is 17.3 Å². The van der Waals surface area contributed by atoms with Crippen LogP contribution < -0.4 is 15.8 Å². The van der Waals surface area contributed by atoms with Gasteiger partial charge in [0.25, 0.3) is 0 Å². The van der Waals surface area contributed by atoms with Gasteiger partial charge < -0.3 is 15.8 Å². The third-order valence-corrected chi connectivity index (χ3v) is 5.01. The Bertz CT molecular complexity index is 970. The van der Waals surface area contributed by atoms with Crippen LogP contribution in [0.4, 0.5) is 5.69 Å². The molecular formula is C19H19N5O3S. The number of nitrogens with zero attached hydrogens (tertiary/aromatic N) is 3. The number of hydrogen-bond donors (Lipinski definition) is 2. The molecule has 0 spiro atoms. The molecular weight excluding hydrogens is 378 g/mol. The Morgan fingerprint density at radius 3 is 2.43 bits per heavy atom. The van der Waals surface area contributed by atoms with Crippen molar-refractivity contribution in [2.75, 3.05) is 12.4 Å². The van der Waals surface area contributed by atoms with E-state index in [1.165, 1.54) is 11.8 Å². The standard InChI is InChI=1S/C19H19N5O3S/c1-12(18(26)22-14-5-3-13(4-6-14)17(20)25)28-19-23-21-11-24(19)15-7-9-16(27-2)10-8-15/h3-12H,1-2H3,(H2,20,25)(H,22,26)/t12-/m0/s1. The van der Waals surface area contributed by atoms with Crippen molar-refractivity contribution in [1.29, 1.82) is 0 Å². The van der Waals surface area contributed by atoms with Crippen molar-refractivity contribution in [3.63, 3.8) is 0 Å². The normalized spacial score (nSPS) is 11.6. The number of benzene rings is 2. The second-order valence-electron chi connectivity index (χ2n) is 5.87. The molecule has 8 nitrogen and oxygen atoms in total. The van der Waals surface area contributed by atoms with Gasteiger partial charge in [0.05, 0.1) is 12.4 Å². The van der Waals surface area contributed by atoms with E-state index in [0.29, 0.717) is 16.4 Å². The first-order valence-corrected chi connectivity index (χ1v) is 9.27. The smallest absolute Gasteiger partial charge is 0.248 e. The summed E-state index contributed by atoms with van der Waals surface area (Å²) >= 11 is 1.29. The molecule has 144 valence electrons. The molecule has 0 saturated heterocycles. The molecule has 0 bridgehead atoms. The van der Waals surface area contributed by atoms with E-state index in [1.54, 1.807) is 49.2 Å². The lowest BCUT2D eigenvalue weighted by molar-refractivity contribution is -0.115. The Hall–Kier alpha value is -3.33. The Morgan fingerprint density at radius 2 is 1.82 bits per heavy atom. The van der Waals surface area contributed by atoms with Gasteiger partial charge in [0, 0.05) is 16.9 Å². The van der Waals surface area contributed by atoms with Crippen molar-refractivity contribution in [2.24, 2.45) is 5.73 Å². The lowest BCUT2D eigenvalue weighted by Gasteiger charge is -2.13. The summed E-state index contributed by atoms with van der Waals surface area (Å²) in [6.45, 7) is 1.78. The van der Waals surface area contributed by atoms with Crippen LogP contribution in [-0.2, 0) is 4.79 Å². The van der Waals surface area contributed by atoms with Gasteiger partial charge in [-0.15, -0.1) is 10.2 Å². The van der Waals surface area contributed by atoms with E-state index in [0.717, 1.165) is 11.4 Å². The molecule has 2 amide bonds. The summed E-state index contributed by atoms with van der Waals surface area (Å²) in [6.07, 6.45) is 1.59. The predicted molar refractivity (Wildman–Crippen MR) is 107 cm³/mol. The summed E-state index contributed by atoms with van der Waals surface area (Å²) < 4.78 is 6.97. The lowest BCUT2D eigenvalue weighted by Crippen LogP contribution is -2.23. The van der Waals surface area contributed by atoms with E-state index in [-0.39, 0.29) is 5.91 Å². The van der Waals surface area contributed by atoms with Crippen molar-refractivity contribution < 1.29 is 14.3 Å². The minimum Gasteiger partial charge on any atom is -0.497 e. The summed E-state index contributed by atoms with van der Waals surface area (Å²) in [6, 6.07) is 13.9. The maximum absolute atomic E-state index is 12.5. The van der Waals surface area contributed by atoms with E-state index in [4.69, 9.17) is 10.5 Å². The SMILES string of the molecule is COc1ccc(-n2cnnc2S[C@@H](C)C(=O)Nc2ccc(C(N)=O)cc2)cc1. The van der Waals surface area contributed by atoms with Crippen molar-refractivity contribution in [1.82, 2.24) is 14.8 Å². The largest absolute Gasteiger partial charge is 0.497 e. The number of carbonyl (C=O) groups is 2. The van der Waals surface area contributed by atoms with Gasteiger partial charge in [0.1, 0.15) is 12.1 Å². The van der Waals surface area contributed by atoms with E-state index in [2.05, 4.69) is 15.5 Å². The summed E-state index contributed by atoms with van der Waals surface area (Å²) in [7, 11) is 1.61. The zero-order valence-corrected chi connectivity index (χ0v) is 16.1. The van der Waals surface area contributed by atoms with Gasteiger partial charge in [-0.3, -0.25) is 14.2 Å². The first-order valence-electron chi connectivity index (χ1n) is 8.40. The van der Waals surface area contributed by atoms with Crippen molar-refractivity contribution >= 4 is 29.3 Å². The van der Waals surface area contributed by atoms with Gasteiger partial charge in [-0.2, -0.15) is 0 Å². The van der Waals surface area contributed by atoms with Crippen LogP contribution in [-0.4, -0.2) is 38.9 Å². The summed E-state index contributed by atoms with van der Waals surface area (Å²) in [4.78, 5) is 23.6. The molecule has 3 rings (SSSR count). The molecule has 0 saturated carbocycles. The van der Waals surface area contributed by atoms with Crippen molar-refractivity contribution in [3.05, 3.63) is 60.4 Å². The molecule has 1 aromatic heterocycles. The number of amides is 2. The summed E-state index contributed by atoms with van der Waals surface area (Å²) in [5.41, 5.74) is 7.04. The fraction of sp³-hybridized carbons (Fsp3) is 0.158. The number of nitrogens with one attached hydrogen (secondary N) is 1. The molecule has 0 aliphatic heterocycles. The van der Waals surface area contributed by atoms with Gasteiger partial charge in [0.2, 0.25) is 11.8 Å². The highest BCUT2D eigenvalue weighted by molar-refractivity contribution is 8.00. The highest BCUT2D eigenvalue weighted by Crippen LogP contribution is 2.25. The van der Waals surface area contributed by atoms with Crippen LogP contribution in [0.15, 0.2) is 60.0 Å². The van der Waals surface area contributed by atoms with Gasteiger partial charge in [-0.05, 0) is 55.5 Å². The molecule has 0 fully saturated rings. The third-order valence-electron chi connectivity index (χ3n) is 3.96. The summed E-state index contributed by atoms with van der Waals surface area (Å²) in [5, 5.41) is 11.0. The molecule has 0 aliphatic rings. The zero-order chi connectivity index (χ0) is 20.1. The fourth-order valence-electron chi connectivity index (χ4n) is 2.40. The van der Waals surface area contributed by atoms with Gasteiger partial charge in [-0.25, -0.2) is 0 Å². The maximum atomic E-state index is 12.5. The average molecular weight is 397 g/mol. The molecule has 1 heterocycles. The lowest BCUT2D eigenvalue weighted by atomic mass is 10.2. The van der Waals surface area contributed by atoms with E-state index in [1.807, 2.05) is 24.3 Å². The van der Waals surface area contributed by atoms with Crippen LogP contribution in [0.5, 0.6) is 5.75 Å². The molecule has 0 unspecified atom stereocenters. The molecule has 2 aromatic carbocycles. The number of aromatic nitrogens is 3. The molecule has 0 aliphatic carbocycles. The third kappa shape index (κ3) is 4.49. The number of anilines is 1. The highest BCUT2D eigenvalue weighted by atomic mass is 32.2. The second kappa shape index (κ2) is 8.57. The number of hydrogen-bond acceptors (Lipinski definition) is 6. The minimum atomic E-state index is -0.514. The second-order valence-corrected chi connectivity index (χ2v) is 7.18. The number of rotatable bonds is 7. The van der Waals surface area contributed by atoms with Crippen molar-refractivity contribution in [3.8, 4) is 11.4 Å². The highest BCUT2D eigenvalue weighted by Gasteiger charge is 2.19. The molecule has 1 atom stereocenters. The molecule has 3 aromatic rings. The number of carbonyl (C=O) groups excluding carboxylic acids is 2. The Kier molecular flexibility index (Phi) is 5.95. The number of methoxy groups -OCH3 is 1. The number of primary amides is 1. The molecule has 9 heteroatoms. The van der Waals surface area contributed by atoms with Crippen LogP contribution in [0.25, 0.3) is 5.69 Å². The number of nitrogens with two attached hydrogens (primary N) is 1. The minimum absolute atomic E-state index is 0.193. The van der Waals surface area contributed by atoms with Gasteiger partial charge in [0.15, 0.2) is 5.16 Å². The topological polar surface area (TPSA) is 112 Å². The fourth-order valence-corrected chi connectivity index (χ4v) is 3.24. The van der Waals surface area contributed by atoms with Crippen molar-refractivity contribution in [2.45, 2.75) is 17.3 Å². The Balaban J connectivity index is 1.67. The van der Waals surface area contributed by atoms with E-state index < -0.39 is 11.2 Å². The van der Waals surface area contributed by atoms with Gasteiger partial charge >= 0.3 is 0 Å². The average Bonchev–Trinajstić information content (AvgIpc) is 3.16. The monoisotopic (exact) mass is 397 g/mol.